The van der Waals surface area contributed by atoms with Crippen LogP contribution in [0.5, 0.6) is 0 Å². The summed E-state index contributed by atoms with van der Waals surface area (Å²) in [6.07, 6.45) is -1.12. The van der Waals surface area contributed by atoms with Crippen molar-refractivity contribution in [2.45, 2.75) is 24.7 Å². The highest BCUT2D eigenvalue weighted by molar-refractivity contribution is 5.33. The number of hydrogen-bond donors (Lipinski definition) is 3. The standard InChI is InChI=1S/C13H19NO3/c1-14-7-6-9-4-2-3-5-10(9)12(14)13(17)11(16)8-15/h2-5,11-13,15-17H,6-8H2,1H3. The predicted octanol–water partition coefficient (Wildman–Crippen LogP) is -0.0703. The first kappa shape index (κ1) is 12.5. The second-order valence-corrected chi connectivity index (χ2v) is 4.61. The molecule has 94 valence electrons. The highest BCUT2D eigenvalue weighted by atomic mass is 16.4. The van der Waals surface area contributed by atoms with Gasteiger partial charge in [0, 0.05) is 6.54 Å². The van der Waals surface area contributed by atoms with Crippen molar-refractivity contribution in [2.75, 3.05) is 20.2 Å². The van der Waals surface area contributed by atoms with Crippen LogP contribution < -0.4 is 0 Å². The summed E-state index contributed by atoms with van der Waals surface area (Å²) in [5, 5.41) is 28.6. The maximum Gasteiger partial charge on any atom is 0.105 e. The molecule has 1 aliphatic heterocycles. The fourth-order valence-electron chi connectivity index (χ4n) is 2.49. The van der Waals surface area contributed by atoms with Crippen LogP contribution in [0.15, 0.2) is 24.3 Å². The normalized spacial score (nSPS) is 24.1. The second-order valence-electron chi connectivity index (χ2n) is 4.61. The molecule has 0 aromatic heterocycles. The van der Waals surface area contributed by atoms with Gasteiger partial charge in [-0.15, -0.1) is 0 Å². The minimum Gasteiger partial charge on any atom is -0.394 e. The molecule has 0 saturated heterocycles. The number of aliphatic hydroxyl groups excluding tert-OH is 3. The van der Waals surface area contributed by atoms with E-state index in [1.165, 1.54) is 5.56 Å². The third-order valence-corrected chi connectivity index (χ3v) is 3.49. The Kier molecular flexibility index (Phi) is 3.79. The summed E-state index contributed by atoms with van der Waals surface area (Å²) in [5.41, 5.74) is 2.25. The second kappa shape index (κ2) is 5.14. The SMILES string of the molecule is CN1CCc2ccccc2C1C(O)C(O)CO. The fraction of sp³-hybridized carbons (Fsp3) is 0.538. The lowest BCUT2D eigenvalue weighted by molar-refractivity contribution is -0.0578. The van der Waals surface area contributed by atoms with Crippen LogP contribution in [0.1, 0.15) is 17.2 Å². The summed E-state index contributed by atoms with van der Waals surface area (Å²) < 4.78 is 0. The molecular formula is C13H19NO3. The van der Waals surface area contributed by atoms with E-state index in [0.29, 0.717) is 0 Å². The third kappa shape index (κ3) is 2.35. The van der Waals surface area contributed by atoms with Gasteiger partial charge in [-0.05, 0) is 24.6 Å². The van der Waals surface area contributed by atoms with E-state index in [2.05, 4.69) is 0 Å². The van der Waals surface area contributed by atoms with Gasteiger partial charge in [0.25, 0.3) is 0 Å². The minimum absolute atomic E-state index is 0.248. The van der Waals surface area contributed by atoms with Crippen LogP contribution in [-0.2, 0) is 6.42 Å². The molecule has 3 N–H and O–H groups in total. The Morgan fingerprint density at radius 3 is 2.76 bits per heavy atom. The molecule has 0 amide bonds. The van der Waals surface area contributed by atoms with Gasteiger partial charge in [0.05, 0.1) is 12.6 Å². The number of nitrogens with zero attached hydrogens (tertiary/aromatic N) is 1. The Morgan fingerprint density at radius 2 is 2.06 bits per heavy atom. The van der Waals surface area contributed by atoms with Crippen LogP contribution in [0.25, 0.3) is 0 Å². The first-order chi connectivity index (χ1) is 8.15. The van der Waals surface area contributed by atoms with Gasteiger partial charge < -0.3 is 15.3 Å². The van der Waals surface area contributed by atoms with Gasteiger partial charge in [0.15, 0.2) is 0 Å². The molecule has 0 spiro atoms. The van der Waals surface area contributed by atoms with E-state index in [4.69, 9.17) is 5.11 Å². The number of aliphatic hydroxyl groups is 3. The summed E-state index contributed by atoms with van der Waals surface area (Å²) in [5.74, 6) is 0. The quantitative estimate of drug-likeness (QED) is 0.688. The van der Waals surface area contributed by atoms with Crippen LogP contribution in [0.3, 0.4) is 0 Å². The molecule has 4 heteroatoms. The highest BCUT2D eigenvalue weighted by Crippen LogP contribution is 2.32. The Morgan fingerprint density at radius 1 is 1.35 bits per heavy atom. The summed E-state index contributed by atoms with van der Waals surface area (Å²) in [4.78, 5) is 2.02. The van der Waals surface area contributed by atoms with Gasteiger partial charge in [-0.2, -0.15) is 0 Å². The Hall–Kier alpha value is -0.940. The predicted molar refractivity (Wildman–Crippen MR) is 64.6 cm³/mol. The maximum atomic E-state index is 10.1. The van der Waals surface area contributed by atoms with Crippen molar-refractivity contribution in [2.24, 2.45) is 0 Å². The Bertz CT molecular complexity index is 383. The number of rotatable bonds is 3. The smallest absolute Gasteiger partial charge is 0.105 e. The average Bonchev–Trinajstić information content (AvgIpc) is 2.37. The van der Waals surface area contributed by atoms with Crippen molar-refractivity contribution in [3.8, 4) is 0 Å². The minimum atomic E-state index is -1.10. The van der Waals surface area contributed by atoms with Crippen molar-refractivity contribution >= 4 is 0 Å². The third-order valence-electron chi connectivity index (χ3n) is 3.49. The van der Waals surface area contributed by atoms with Crippen LogP contribution in [0, 0.1) is 0 Å². The molecule has 0 aliphatic carbocycles. The molecule has 1 aromatic carbocycles. The number of fused-ring (bicyclic) bond motifs is 1. The molecule has 1 aliphatic rings. The Balaban J connectivity index is 2.32. The van der Waals surface area contributed by atoms with E-state index in [-0.39, 0.29) is 6.04 Å². The number of hydrogen-bond acceptors (Lipinski definition) is 4. The average molecular weight is 237 g/mol. The topological polar surface area (TPSA) is 63.9 Å². The van der Waals surface area contributed by atoms with Gasteiger partial charge >= 0.3 is 0 Å². The molecule has 1 heterocycles. The van der Waals surface area contributed by atoms with Crippen molar-refractivity contribution in [1.82, 2.24) is 4.90 Å². The zero-order chi connectivity index (χ0) is 12.4. The molecule has 2 rings (SSSR count). The fourth-order valence-corrected chi connectivity index (χ4v) is 2.49. The van der Waals surface area contributed by atoms with E-state index in [9.17, 15) is 10.2 Å². The summed E-state index contributed by atoms with van der Waals surface area (Å²) in [6.45, 7) is 0.421. The van der Waals surface area contributed by atoms with Crippen molar-refractivity contribution in [3.05, 3.63) is 35.4 Å². The van der Waals surface area contributed by atoms with Crippen molar-refractivity contribution in [3.63, 3.8) is 0 Å². The number of benzene rings is 1. The van der Waals surface area contributed by atoms with Gasteiger partial charge in [-0.3, -0.25) is 4.90 Å². The molecule has 0 radical (unpaired) electrons. The molecule has 17 heavy (non-hydrogen) atoms. The molecule has 1 aromatic rings. The maximum absolute atomic E-state index is 10.1. The highest BCUT2D eigenvalue weighted by Gasteiger charge is 2.34. The van der Waals surface area contributed by atoms with E-state index in [1.807, 2.05) is 36.2 Å². The zero-order valence-corrected chi connectivity index (χ0v) is 9.95. The molecule has 4 nitrogen and oxygen atoms in total. The molecular weight excluding hydrogens is 218 g/mol. The zero-order valence-electron chi connectivity index (χ0n) is 9.95. The van der Waals surface area contributed by atoms with Gasteiger partial charge in [0.2, 0.25) is 0 Å². The van der Waals surface area contributed by atoms with E-state index < -0.39 is 18.8 Å². The van der Waals surface area contributed by atoms with E-state index in [1.54, 1.807) is 0 Å². The van der Waals surface area contributed by atoms with Gasteiger partial charge in [-0.1, -0.05) is 24.3 Å². The molecule has 3 unspecified atom stereocenters. The lowest BCUT2D eigenvalue weighted by Crippen LogP contribution is -2.45. The van der Waals surface area contributed by atoms with Crippen LogP contribution in [0.2, 0.25) is 0 Å². The number of likely N-dealkylation sites (N-methyl/N-ethyl adjacent to an activating group) is 1. The van der Waals surface area contributed by atoms with Crippen molar-refractivity contribution < 1.29 is 15.3 Å². The first-order valence-electron chi connectivity index (χ1n) is 5.90. The van der Waals surface area contributed by atoms with Crippen LogP contribution in [0.4, 0.5) is 0 Å². The summed E-state index contributed by atoms with van der Waals surface area (Å²) in [7, 11) is 1.92. The van der Waals surface area contributed by atoms with Crippen LogP contribution >= 0.6 is 0 Å². The largest absolute Gasteiger partial charge is 0.394 e. The lowest BCUT2D eigenvalue weighted by atomic mass is 9.88. The summed E-state index contributed by atoms with van der Waals surface area (Å²) in [6, 6.07) is 7.69. The van der Waals surface area contributed by atoms with Crippen LogP contribution in [-0.4, -0.2) is 52.6 Å². The van der Waals surface area contributed by atoms with Gasteiger partial charge in [-0.25, -0.2) is 0 Å². The monoisotopic (exact) mass is 237 g/mol. The summed E-state index contributed by atoms with van der Waals surface area (Å²) >= 11 is 0. The first-order valence-corrected chi connectivity index (χ1v) is 5.90. The molecule has 0 bridgehead atoms. The molecule has 3 atom stereocenters. The van der Waals surface area contributed by atoms with Crippen molar-refractivity contribution in [1.29, 1.82) is 0 Å². The molecule has 0 fully saturated rings. The molecule has 0 saturated carbocycles. The van der Waals surface area contributed by atoms with E-state index in [0.717, 1.165) is 18.5 Å². The Labute approximate surface area is 101 Å². The van der Waals surface area contributed by atoms with Gasteiger partial charge in [0.1, 0.15) is 12.2 Å². The lowest BCUT2D eigenvalue weighted by Gasteiger charge is -2.38. The van der Waals surface area contributed by atoms with E-state index >= 15 is 0 Å².